The highest BCUT2D eigenvalue weighted by Gasteiger charge is 2.23. The van der Waals surface area contributed by atoms with Crippen LogP contribution in [0.4, 0.5) is 11.4 Å². The monoisotopic (exact) mass is 603 g/mol. The predicted molar refractivity (Wildman–Crippen MR) is 198 cm³/mol. The molecule has 2 nitrogen and oxygen atoms in total. The topological polar surface area (TPSA) is 6.48 Å². The number of anilines is 2. The second kappa shape index (κ2) is 21.0. The van der Waals surface area contributed by atoms with E-state index in [2.05, 4.69) is 75.6 Å². The Morgan fingerprint density at radius 2 is 0.682 bits per heavy atom. The molecule has 0 saturated carbocycles. The third-order valence-electron chi connectivity index (χ3n) is 10.2. The molecule has 0 aliphatic carbocycles. The third-order valence-corrected chi connectivity index (χ3v) is 10.2. The van der Waals surface area contributed by atoms with Crippen LogP contribution in [0.3, 0.4) is 0 Å². The Kier molecular flexibility index (Phi) is 17.4. The Labute approximate surface area is 274 Å². The number of piperazine rings is 1. The van der Waals surface area contributed by atoms with Gasteiger partial charge in [-0.15, -0.1) is 0 Å². The summed E-state index contributed by atoms with van der Waals surface area (Å²) < 4.78 is 0. The van der Waals surface area contributed by atoms with E-state index < -0.39 is 0 Å². The molecule has 1 aliphatic rings. The zero-order chi connectivity index (χ0) is 31.6. The summed E-state index contributed by atoms with van der Waals surface area (Å²) in [6.07, 6.45) is 26.4. The molecule has 0 radical (unpaired) electrons. The van der Waals surface area contributed by atoms with Gasteiger partial charge in [0.15, 0.2) is 0 Å². The van der Waals surface area contributed by atoms with Crippen LogP contribution in [0.25, 0.3) is 0 Å². The quantitative estimate of drug-likeness (QED) is 0.124. The molecule has 2 aromatic rings. The van der Waals surface area contributed by atoms with Gasteiger partial charge in [-0.2, -0.15) is 0 Å². The van der Waals surface area contributed by atoms with Gasteiger partial charge in [0.2, 0.25) is 0 Å². The van der Waals surface area contributed by atoms with E-state index in [0.29, 0.717) is 0 Å². The first-order valence-electron chi connectivity index (χ1n) is 19.3. The molecule has 2 heteroatoms. The lowest BCUT2D eigenvalue weighted by atomic mass is 9.94. The van der Waals surface area contributed by atoms with Gasteiger partial charge in [-0.1, -0.05) is 117 Å². The summed E-state index contributed by atoms with van der Waals surface area (Å²) in [5.74, 6) is 0. The largest absolute Gasteiger partial charge is 0.368 e. The van der Waals surface area contributed by atoms with E-state index in [1.54, 1.807) is 33.6 Å². The first kappa shape index (κ1) is 36.5. The molecule has 1 fully saturated rings. The minimum Gasteiger partial charge on any atom is -0.368 e. The number of hydrogen-bond donors (Lipinski definition) is 0. The minimum absolute atomic E-state index is 1.13. The summed E-state index contributed by atoms with van der Waals surface area (Å²) in [5.41, 5.74) is 12.5. The van der Waals surface area contributed by atoms with Gasteiger partial charge in [0.25, 0.3) is 0 Å². The van der Waals surface area contributed by atoms with Crippen LogP contribution in [0.5, 0.6) is 0 Å². The maximum Gasteiger partial charge on any atom is 0.0402 e. The van der Waals surface area contributed by atoms with Crippen molar-refractivity contribution in [3.05, 3.63) is 57.6 Å². The van der Waals surface area contributed by atoms with Crippen LogP contribution in [0, 0.1) is 13.8 Å². The maximum atomic E-state index is 2.75. The molecule has 2 aromatic carbocycles. The first-order valence-corrected chi connectivity index (χ1v) is 19.3. The van der Waals surface area contributed by atoms with Crippen molar-refractivity contribution in [1.82, 2.24) is 0 Å². The van der Waals surface area contributed by atoms with Crippen molar-refractivity contribution in [2.45, 2.75) is 170 Å². The maximum absolute atomic E-state index is 2.75. The fraction of sp³-hybridized carbons (Fsp3) is 0.714. The van der Waals surface area contributed by atoms with Crippen molar-refractivity contribution in [2.75, 3.05) is 36.0 Å². The fourth-order valence-corrected chi connectivity index (χ4v) is 7.28. The smallest absolute Gasteiger partial charge is 0.0402 e. The van der Waals surface area contributed by atoms with Crippen molar-refractivity contribution in [3.8, 4) is 0 Å². The molecule has 0 amide bonds. The number of benzene rings is 2. The van der Waals surface area contributed by atoms with Crippen LogP contribution in [0.2, 0.25) is 0 Å². The second-order valence-corrected chi connectivity index (χ2v) is 14.0. The second-order valence-electron chi connectivity index (χ2n) is 14.0. The lowest BCUT2D eigenvalue weighted by molar-refractivity contribution is 0.633. The number of rotatable bonds is 22. The van der Waals surface area contributed by atoms with E-state index in [1.165, 1.54) is 140 Å². The molecular weight excluding hydrogens is 532 g/mol. The van der Waals surface area contributed by atoms with E-state index >= 15 is 0 Å². The molecule has 248 valence electrons. The van der Waals surface area contributed by atoms with E-state index in [4.69, 9.17) is 0 Å². The Hall–Kier alpha value is -1.96. The summed E-state index contributed by atoms with van der Waals surface area (Å²) in [7, 11) is 0. The molecule has 1 saturated heterocycles. The highest BCUT2D eigenvalue weighted by atomic mass is 15.3. The molecular formula is C42H70N2. The molecule has 44 heavy (non-hydrogen) atoms. The van der Waals surface area contributed by atoms with E-state index in [1.807, 2.05) is 0 Å². The molecule has 1 aliphatic heterocycles. The first-order chi connectivity index (χ1) is 21.5. The summed E-state index contributed by atoms with van der Waals surface area (Å²) in [5, 5.41) is 0. The highest BCUT2D eigenvalue weighted by molar-refractivity contribution is 5.62. The summed E-state index contributed by atoms with van der Waals surface area (Å²) >= 11 is 0. The van der Waals surface area contributed by atoms with E-state index in [0.717, 1.165) is 26.2 Å². The van der Waals surface area contributed by atoms with Crippen LogP contribution in [-0.4, -0.2) is 26.2 Å². The number of aryl methyl sites for hydroxylation is 6. The molecule has 1 heterocycles. The SMILES string of the molecule is CCCCCCc1cc(N2CCN(c3cc(CCCCCC)c(C)cc3CCCCCC)CC2)c(CCCCCC)cc1C. The van der Waals surface area contributed by atoms with Crippen molar-refractivity contribution < 1.29 is 0 Å². The van der Waals surface area contributed by atoms with Crippen LogP contribution < -0.4 is 9.80 Å². The molecule has 3 rings (SSSR count). The molecule has 0 aromatic heterocycles. The lowest BCUT2D eigenvalue weighted by Crippen LogP contribution is -2.47. The van der Waals surface area contributed by atoms with Crippen LogP contribution in [-0.2, 0) is 25.7 Å². The average molecular weight is 603 g/mol. The van der Waals surface area contributed by atoms with Crippen molar-refractivity contribution in [3.63, 3.8) is 0 Å². The molecule has 0 spiro atoms. The molecule has 0 N–H and O–H groups in total. The van der Waals surface area contributed by atoms with Crippen molar-refractivity contribution in [2.24, 2.45) is 0 Å². The van der Waals surface area contributed by atoms with Crippen LogP contribution in [0.1, 0.15) is 164 Å². The molecule has 0 atom stereocenters. The summed E-state index contributed by atoms with van der Waals surface area (Å²) in [6, 6.07) is 10.4. The van der Waals surface area contributed by atoms with Gasteiger partial charge in [0.1, 0.15) is 0 Å². The Bertz CT molecular complexity index is 976. The van der Waals surface area contributed by atoms with E-state index in [9.17, 15) is 0 Å². The van der Waals surface area contributed by atoms with Crippen LogP contribution >= 0.6 is 0 Å². The summed E-state index contributed by atoms with van der Waals surface area (Å²) in [6.45, 7) is 18.5. The molecule has 0 bridgehead atoms. The summed E-state index contributed by atoms with van der Waals surface area (Å²) in [4.78, 5) is 5.50. The van der Waals surface area contributed by atoms with Crippen molar-refractivity contribution >= 4 is 11.4 Å². The predicted octanol–water partition coefficient (Wildman–Crippen LogP) is 12.1. The van der Waals surface area contributed by atoms with Gasteiger partial charge in [0.05, 0.1) is 0 Å². The fourth-order valence-electron chi connectivity index (χ4n) is 7.28. The van der Waals surface area contributed by atoms with Crippen molar-refractivity contribution in [1.29, 1.82) is 0 Å². The zero-order valence-corrected chi connectivity index (χ0v) is 30.2. The average Bonchev–Trinajstić information content (AvgIpc) is 3.03. The van der Waals surface area contributed by atoms with Gasteiger partial charge >= 0.3 is 0 Å². The Morgan fingerprint density at radius 3 is 0.977 bits per heavy atom. The molecule has 0 unspecified atom stereocenters. The normalized spacial score (nSPS) is 13.7. The zero-order valence-electron chi connectivity index (χ0n) is 30.2. The van der Waals surface area contributed by atoms with Gasteiger partial charge < -0.3 is 9.80 Å². The van der Waals surface area contributed by atoms with Gasteiger partial charge in [-0.25, -0.2) is 0 Å². The van der Waals surface area contributed by atoms with Crippen LogP contribution in [0.15, 0.2) is 24.3 Å². The van der Waals surface area contributed by atoms with Gasteiger partial charge in [-0.3, -0.25) is 0 Å². The standard InChI is InChI=1S/C42H70N2/c1-7-11-15-19-23-37-33-41(39(31-35(37)5)25-21-17-13-9-3)43-27-29-44(30-28-43)42-34-38(24-20-16-12-8-2)36(6)32-40(42)26-22-18-14-10-4/h31-34H,7-30H2,1-6H3. The highest BCUT2D eigenvalue weighted by Crippen LogP contribution is 2.32. The van der Waals surface area contributed by atoms with E-state index in [-0.39, 0.29) is 0 Å². The van der Waals surface area contributed by atoms with Gasteiger partial charge in [-0.05, 0) is 111 Å². The van der Waals surface area contributed by atoms with Gasteiger partial charge in [0, 0.05) is 37.6 Å². The minimum atomic E-state index is 1.13. The lowest BCUT2D eigenvalue weighted by Gasteiger charge is -2.39. The Morgan fingerprint density at radius 1 is 0.386 bits per heavy atom. The number of hydrogen-bond acceptors (Lipinski definition) is 2. The number of unbranched alkanes of at least 4 members (excludes halogenated alkanes) is 12. The third kappa shape index (κ3) is 11.8. The Balaban J connectivity index is 1.79. The number of nitrogens with zero attached hydrogens (tertiary/aromatic N) is 2.